The number of aryl methyl sites for hydroxylation is 1. The standard InChI is InChI=1S/C11H19ClN2/c1-7(2)6-14-11(12)10(8(3)4)9(5)13-14/h7-8H,6H2,1-5H3. The van der Waals surface area contributed by atoms with Gasteiger partial charge in [-0.05, 0) is 18.8 Å². The summed E-state index contributed by atoms with van der Waals surface area (Å²) in [7, 11) is 0. The molecule has 0 aliphatic carbocycles. The van der Waals surface area contributed by atoms with E-state index in [0.717, 1.165) is 17.4 Å². The summed E-state index contributed by atoms with van der Waals surface area (Å²) in [5.41, 5.74) is 2.25. The van der Waals surface area contributed by atoms with Crippen LogP contribution in [0.4, 0.5) is 0 Å². The average Bonchev–Trinajstić information content (AvgIpc) is 2.25. The zero-order valence-corrected chi connectivity index (χ0v) is 10.4. The maximum atomic E-state index is 6.27. The Kier molecular flexibility index (Phi) is 3.59. The predicted molar refractivity (Wildman–Crippen MR) is 60.9 cm³/mol. The van der Waals surface area contributed by atoms with Gasteiger partial charge in [0.05, 0.1) is 5.69 Å². The maximum absolute atomic E-state index is 6.27. The number of hydrogen-bond acceptors (Lipinski definition) is 1. The summed E-state index contributed by atoms with van der Waals surface area (Å²) in [6.07, 6.45) is 0. The second kappa shape index (κ2) is 4.35. The van der Waals surface area contributed by atoms with Crippen molar-refractivity contribution in [2.75, 3.05) is 0 Å². The van der Waals surface area contributed by atoms with Gasteiger partial charge in [-0.1, -0.05) is 39.3 Å². The summed E-state index contributed by atoms with van der Waals surface area (Å²) in [4.78, 5) is 0. The molecule has 0 radical (unpaired) electrons. The number of rotatable bonds is 3. The molecule has 1 aromatic rings. The van der Waals surface area contributed by atoms with E-state index in [-0.39, 0.29) is 0 Å². The molecule has 80 valence electrons. The zero-order valence-electron chi connectivity index (χ0n) is 9.63. The van der Waals surface area contributed by atoms with Crippen molar-refractivity contribution < 1.29 is 0 Å². The highest BCUT2D eigenvalue weighted by Gasteiger charge is 2.16. The molecule has 0 fully saturated rings. The SMILES string of the molecule is Cc1nn(CC(C)C)c(Cl)c1C(C)C. The summed E-state index contributed by atoms with van der Waals surface area (Å²) < 4.78 is 1.91. The van der Waals surface area contributed by atoms with Crippen molar-refractivity contribution >= 4 is 11.6 Å². The minimum Gasteiger partial charge on any atom is -0.253 e. The van der Waals surface area contributed by atoms with Crippen LogP contribution in [0.5, 0.6) is 0 Å². The summed E-state index contributed by atoms with van der Waals surface area (Å²) >= 11 is 6.27. The molecule has 0 aromatic carbocycles. The molecule has 2 nitrogen and oxygen atoms in total. The second-order valence-corrected chi connectivity index (χ2v) is 4.88. The molecular formula is C11H19ClN2. The minimum atomic E-state index is 0.448. The highest BCUT2D eigenvalue weighted by molar-refractivity contribution is 6.30. The fourth-order valence-corrected chi connectivity index (χ4v) is 2.15. The van der Waals surface area contributed by atoms with E-state index in [2.05, 4.69) is 32.8 Å². The Balaban J connectivity index is 3.04. The van der Waals surface area contributed by atoms with Crippen LogP contribution in [0.15, 0.2) is 0 Å². The Hall–Kier alpha value is -0.500. The van der Waals surface area contributed by atoms with Crippen LogP contribution in [-0.4, -0.2) is 9.78 Å². The Labute approximate surface area is 91.3 Å². The molecule has 14 heavy (non-hydrogen) atoms. The Morgan fingerprint density at radius 2 is 1.86 bits per heavy atom. The summed E-state index contributed by atoms with van der Waals surface area (Å²) in [5.74, 6) is 1.02. The molecule has 0 bridgehead atoms. The Morgan fingerprint density at radius 3 is 2.21 bits per heavy atom. The highest BCUT2D eigenvalue weighted by Crippen LogP contribution is 2.27. The van der Waals surface area contributed by atoms with Crippen molar-refractivity contribution in [3.63, 3.8) is 0 Å². The quantitative estimate of drug-likeness (QED) is 0.752. The summed E-state index contributed by atoms with van der Waals surface area (Å²) in [5, 5.41) is 5.27. The molecule has 1 aromatic heterocycles. The third kappa shape index (κ3) is 2.30. The molecule has 0 saturated carbocycles. The van der Waals surface area contributed by atoms with Crippen molar-refractivity contribution in [3.8, 4) is 0 Å². The zero-order chi connectivity index (χ0) is 10.9. The Bertz CT molecular complexity index is 313. The maximum Gasteiger partial charge on any atom is 0.130 e. The van der Waals surface area contributed by atoms with Gasteiger partial charge in [0, 0.05) is 12.1 Å². The number of halogens is 1. The first kappa shape index (κ1) is 11.6. The first-order valence-electron chi connectivity index (χ1n) is 5.16. The van der Waals surface area contributed by atoms with Gasteiger partial charge in [0.1, 0.15) is 5.15 Å². The molecule has 0 atom stereocenters. The van der Waals surface area contributed by atoms with E-state index in [1.807, 2.05) is 11.6 Å². The second-order valence-electron chi connectivity index (χ2n) is 4.52. The predicted octanol–water partition coefficient (Wildman–Crippen LogP) is 3.62. The lowest BCUT2D eigenvalue weighted by molar-refractivity contribution is 0.481. The molecule has 1 heterocycles. The van der Waals surface area contributed by atoms with Crippen molar-refractivity contribution in [1.29, 1.82) is 0 Å². The van der Waals surface area contributed by atoms with E-state index >= 15 is 0 Å². The smallest absolute Gasteiger partial charge is 0.130 e. The van der Waals surface area contributed by atoms with Gasteiger partial charge in [0.2, 0.25) is 0 Å². The molecular weight excluding hydrogens is 196 g/mol. The van der Waals surface area contributed by atoms with Gasteiger partial charge in [-0.3, -0.25) is 4.68 Å². The molecule has 0 unspecified atom stereocenters. The van der Waals surface area contributed by atoms with Crippen LogP contribution in [-0.2, 0) is 6.54 Å². The number of aromatic nitrogens is 2. The van der Waals surface area contributed by atoms with Crippen LogP contribution < -0.4 is 0 Å². The van der Waals surface area contributed by atoms with Gasteiger partial charge in [0.25, 0.3) is 0 Å². The number of nitrogens with zero attached hydrogens (tertiary/aromatic N) is 2. The van der Waals surface area contributed by atoms with Crippen molar-refractivity contribution in [3.05, 3.63) is 16.4 Å². The lowest BCUT2D eigenvalue weighted by Crippen LogP contribution is -2.06. The van der Waals surface area contributed by atoms with E-state index in [9.17, 15) is 0 Å². The van der Waals surface area contributed by atoms with Crippen LogP contribution in [0.1, 0.15) is 44.9 Å². The molecule has 0 aliphatic rings. The van der Waals surface area contributed by atoms with Crippen LogP contribution >= 0.6 is 11.6 Å². The van der Waals surface area contributed by atoms with E-state index in [1.165, 1.54) is 5.56 Å². The topological polar surface area (TPSA) is 17.8 Å². The molecule has 3 heteroatoms. The highest BCUT2D eigenvalue weighted by atomic mass is 35.5. The van der Waals surface area contributed by atoms with Crippen molar-refractivity contribution in [2.45, 2.75) is 47.1 Å². The lowest BCUT2D eigenvalue weighted by atomic mass is 10.1. The van der Waals surface area contributed by atoms with E-state index in [4.69, 9.17) is 11.6 Å². The van der Waals surface area contributed by atoms with Gasteiger partial charge < -0.3 is 0 Å². The first-order valence-corrected chi connectivity index (χ1v) is 5.54. The van der Waals surface area contributed by atoms with E-state index < -0.39 is 0 Å². The average molecular weight is 215 g/mol. The molecule has 0 N–H and O–H groups in total. The lowest BCUT2D eigenvalue weighted by Gasteiger charge is -2.07. The van der Waals surface area contributed by atoms with Crippen molar-refractivity contribution in [1.82, 2.24) is 9.78 Å². The van der Waals surface area contributed by atoms with Gasteiger partial charge in [-0.25, -0.2) is 0 Å². The largest absolute Gasteiger partial charge is 0.253 e. The van der Waals surface area contributed by atoms with E-state index in [0.29, 0.717) is 11.8 Å². The third-order valence-corrected chi connectivity index (χ3v) is 2.62. The van der Waals surface area contributed by atoms with Gasteiger partial charge >= 0.3 is 0 Å². The monoisotopic (exact) mass is 214 g/mol. The van der Waals surface area contributed by atoms with Gasteiger partial charge in [-0.2, -0.15) is 5.10 Å². The molecule has 0 spiro atoms. The normalized spacial score (nSPS) is 11.7. The fourth-order valence-electron chi connectivity index (χ4n) is 1.69. The molecule has 0 aliphatic heterocycles. The third-order valence-electron chi connectivity index (χ3n) is 2.22. The first-order chi connectivity index (χ1) is 6.43. The molecule has 0 saturated heterocycles. The van der Waals surface area contributed by atoms with Crippen molar-refractivity contribution in [2.24, 2.45) is 5.92 Å². The van der Waals surface area contributed by atoms with Gasteiger partial charge in [0.15, 0.2) is 0 Å². The van der Waals surface area contributed by atoms with E-state index in [1.54, 1.807) is 0 Å². The van der Waals surface area contributed by atoms with Crippen LogP contribution in [0.2, 0.25) is 5.15 Å². The van der Waals surface area contributed by atoms with Crippen LogP contribution in [0.25, 0.3) is 0 Å². The van der Waals surface area contributed by atoms with Crippen LogP contribution in [0, 0.1) is 12.8 Å². The fraction of sp³-hybridized carbons (Fsp3) is 0.727. The summed E-state index contributed by atoms with van der Waals surface area (Å²) in [6.45, 7) is 11.6. The minimum absolute atomic E-state index is 0.448. The molecule has 0 amide bonds. The van der Waals surface area contributed by atoms with Gasteiger partial charge in [-0.15, -0.1) is 0 Å². The number of hydrogen-bond donors (Lipinski definition) is 0. The van der Waals surface area contributed by atoms with Crippen LogP contribution in [0.3, 0.4) is 0 Å². The Morgan fingerprint density at radius 1 is 1.29 bits per heavy atom. The summed E-state index contributed by atoms with van der Waals surface area (Å²) in [6, 6.07) is 0. The molecule has 1 rings (SSSR count).